The van der Waals surface area contributed by atoms with E-state index in [2.05, 4.69) is 0 Å². The van der Waals surface area contributed by atoms with Gasteiger partial charge in [-0.1, -0.05) is 12.1 Å². The summed E-state index contributed by atoms with van der Waals surface area (Å²) in [4.78, 5) is 12.9. The lowest BCUT2D eigenvalue weighted by molar-refractivity contribution is 0.659. The molecular weight excluding hydrogens is 248 g/mol. The van der Waals surface area contributed by atoms with Crippen LogP contribution in [0.4, 0.5) is 0 Å². The summed E-state index contributed by atoms with van der Waals surface area (Å²) in [7, 11) is -1.11. The number of para-hydroxylation sites is 1. The van der Waals surface area contributed by atoms with Gasteiger partial charge in [0.1, 0.15) is 11.2 Å². The predicted molar refractivity (Wildman–Crippen MR) is 72.3 cm³/mol. The van der Waals surface area contributed by atoms with Crippen LogP contribution in [0, 0.1) is 0 Å². The van der Waals surface area contributed by atoms with Gasteiger partial charge >= 0.3 is 0 Å². The van der Waals surface area contributed by atoms with Crippen LogP contribution < -0.4 is 5.43 Å². The SMILES string of the molecule is C[S@](=O)c1ccc2oc3ccccc3c(=O)c2c1. The molecule has 18 heavy (non-hydrogen) atoms. The Morgan fingerprint density at radius 3 is 2.50 bits per heavy atom. The largest absolute Gasteiger partial charge is 0.456 e. The van der Waals surface area contributed by atoms with Crippen LogP contribution in [0.25, 0.3) is 21.9 Å². The minimum Gasteiger partial charge on any atom is -0.456 e. The average Bonchev–Trinajstić information content (AvgIpc) is 2.38. The first-order valence-electron chi connectivity index (χ1n) is 5.46. The highest BCUT2D eigenvalue weighted by atomic mass is 32.2. The summed E-state index contributed by atoms with van der Waals surface area (Å²) < 4.78 is 17.1. The second-order valence-corrected chi connectivity index (χ2v) is 5.42. The van der Waals surface area contributed by atoms with Crippen LogP contribution in [-0.4, -0.2) is 10.5 Å². The maximum Gasteiger partial charge on any atom is 0.200 e. The zero-order valence-electron chi connectivity index (χ0n) is 9.67. The van der Waals surface area contributed by atoms with Gasteiger partial charge in [-0.25, -0.2) is 0 Å². The maximum absolute atomic E-state index is 12.3. The fraction of sp³-hybridized carbons (Fsp3) is 0.0714. The third-order valence-corrected chi connectivity index (χ3v) is 3.80. The number of hydrogen-bond donors (Lipinski definition) is 0. The van der Waals surface area contributed by atoms with Gasteiger partial charge in [-0.15, -0.1) is 0 Å². The second-order valence-electron chi connectivity index (χ2n) is 4.04. The van der Waals surface area contributed by atoms with Crippen LogP contribution in [-0.2, 0) is 10.8 Å². The highest BCUT2D eigenvalue weighted by Crippen LogP contribution is 2.20. The summed E-state index contributed by atoms with van der Waals surface area (Å²) in [6.07, 6.45) is 1.59. The van der Waals surface area contributed by atoms with Crippen molar-refractivity contribution in [2.75, 3.05) is 6.26 Å². The molecule has 0 aliphatic carbocycles. The Hall–Kier alpha value is -1.94. The molecule has 0 amide bonds. The minimum absolute atomic E-state index is 0.0841. The van der Waals surface area contributed by atoms with Gasteiger partial charge in [0.05, 0.1) is 10.8 Å². The van der Waals surface area contributed by atoms with Gasteiger partial charge < -0.3 is 4.42 Å². The minimum atomic E-state index is -1.11. The summed E-state index contributed by atoms with van der Waals surface area (Å²) in [5, 5.41) is 1.02. The lowest BCUT2D eigenvalue weighted by atomic mass is 10.1. The molecule has 3 rings (SSSR count). The Kier molecular flexibility index (Phi) is 2.52. The smallest absolute Gasteiger partial charge is 0.200 e. The maximum atomic E-state index is 12.3. The fourth-order valence-corrected chi connectivity index (χ4v) is 2.50. The first-order valence-corrected chi connectivity index (χ1v) is 7.01. The summed E-state index contributed by atoms with van der Waals surface area (Å²) in [6, 6.07) is 12.2. The van der Waals surface area contributed by atoms with E-state index in [0.29, 0.717) is 26.8 Å². The lowest BCUT2D eigenvalue weighted by Gasteiger charge is -2.02. The van der Waals surface area contributed by atoms with E-state index in [-0.39, 0.29) is 5.43 Å². The first-order chi connectivity index (χ1) is 8.66. The molecule has 3 aromatic rings. The quantitative estimate of drug-likeness (QED) is 0.630. The molecule has 0 saturated heterocycles. The fourth-order valence-electron chi connectivity index (χ4n) is 1.96. The van der Waals surface area contributed by atoms with Crippen LogP contribution in [0.2, 0.25) is 0 Å². The van der Waals surface area contributed by atoms with Crippen LogP contribution in [0.3, 0.4) is 0 Å². The number of fused-ring (bicyclic) bond motifs is 2. The van der Waals surface area contributed by atoms with Crippen molar-refractivity contribution in [3.05, 3.63) is 52.7 Å². The molecule has 0 bridgehead atoms. The standard InChI is InChI=1S/C14H10O3S/c1-18(16)9-6-7-13-11(8-9)14(15)10-4-2-3-5-12(10)17-13/h2-8H,1H3/t18-/m0/s1. The van der Waals surface area contributed by atoms with Crippen molar-refractivity contribution < 1.29 is 8.63 Å². The summed E-state index contributed by atoms with van der Waals surface area (Å²) >= 11 is 0. The van der Waals surface area contributed by atoms with Crippen molar-refractivity contribution in [1.82, 2.24) is 0 Å². The van der Waals surface area contributed by atoms with Crippen LogP contribution in [0.1, 0.15) is 0 Å². The Labute approximate surface area is 106 Å². The number of benzene rings is 2. The molecule has 4 heteroatoms. The van der Waals surface area contributed by atoms with Gasteiger partial charge in [0.15, 0.2) is 0 Å². The molecule has 0 aliphatic heterocycles. The van der Waals surface area contributed by atoms with Crippen LogP contribution >= 0.6 is 0 Å². The van der Waals surface area contributed by atoms with Crippen LogP contribution in [0.15, 0.2) is 56.6 Å². The Balaban J connectivity index is 2.49. The van der Waals surface area contributed by atoms with E-state index in [4.69, 9.17) is 4.42 Å². The van der Waals surface area contributed by atoms with Crippen molar-refractivity contribution in [2.24, 2.45) is 0 Å². The molecule has 3 nitrogen and oxygen atoms in total. The lowest BCUT2D eigenvalue weighted by Crippen LogP contribution is -2.02. The molecule has 0 saturated carbocycles. The molecule has 0 aliphatic rings. The summed E-state index contributed by atoms with van der Waals surface area (Å²) in [5.41, 5.74) is 1.01. The number of hydrogen-bond acceptors (Lipinski definition) is 3. The summed E-state index contributed by atoms with van der Waals surface area (Å²) in [6.45, 7) is 0. The van der Waals surface area contributed by atoms with E-state index in [1.165, 1.54) is 0 Å². The molecule has 2 aromatic carbocycles. The molecule has 1 atom stereocenters. The molecule has 0 unspecified atom stereocenters. The number of rotatable bonds is 1. The average molecular weight is 258 g/mol. The van der Waals surface area contributed by atoms with Crippen molar-refractivity contribution >= 4 is 32.7 Å². The highest BCUT2D eigenvalue weighted by Gasteiger charge is 2.08. The molecule has 0 spiro atoms. The van der Waals surface area contributed by atoms with Crippen molar-refractivity contribution in [1.29, 1.82) is 0 Å². The van der Waals surface area contributed by atoms with Gasteiger partial charge in [-0.2, -0.15) is 0 Å². The van der Waals surface area contributed by atoms with Crippen molar-refractivity contribution in [2.45, 2.75) is 4.90 Å². The van der Waals surface area contributed by atoms with E-state index in [1.54, 1.807) is 42.7 Å². The molecule has 1 heterocycles. The van der Waals surface area contributed by atoms with Gasteiger partial charge in [-0.3, -0.25) is 9.00 Å². The Morgan fingerprint density at radius 2 is 1.72 bits per heavy atom. The van der Waals surface area contributed by atoms with E-state index < -0.39 is 10.8 Å². The van der Waals surface area contributed by atoms with Gasteiger partial charge in [0, 0.05) is 22.0 Å². The van der Waals surface area contributed by atoms with Gasteiger partial charge in [0.2, 0.25) is 5.43 Å². The van der Waals surface area contributed by atoms with Crippen molar-refractivity contribution in [3.63, 3.8) is 0 Å². The van der Waals surface area contributed by atoms with E-state index in [9.17, 15) is 9.00 Å². The molecule has 90 valence electrons. The Morgan fingerprint density at radius 1 is 1.00 bits per heavy atom. The zero-order chi connectivity index (χ0) is 12.7. The highest BCUT2D eigenvalue weighted by molar-refractivity contribution is 7.84. The zero-order valence-corrected chi connectivity index (χ0v) is 10.5. The van der Waals surface area contributed by atoms with E-state index >= 15 is 0 Å². The summed E-state index contributed by atoms with van der Waals surface area (Å²) in [5.74, 6) is 0. The van der Waals surface area contributed by atoms with Crippen molar-refractivity contribution in [3.8, 4) is 0 Å². The molecular formula is C14H10O3S. The Bertz CT molecular complexity index is 833. The van der Waals surface area contributed by atoms with Gasteiger partial charge in [-0.05, 0) is 30.3 Å². The third-order valence-electron chi connectivity index (χ3n) is 2.88. The topological polar surface area (TPSA) is 47.3 Å². The normalized spacial score (nSPS) is 12.9. The molecule has 0 N–H and O–H groups in total. The van der Waals surface area contributed by atoms with E-state index in [1.807, 2.05) is 6.07 Å². The first kappa shape index (κ1) is 11.2. The second kappa shape index (κ2) is 4.07. The van der Waals surface area contributed by atoms with Crippen LogP contribution in [0.5, 0.6) is 0 Å². The predicted octanol–water partition coefficient (Wildman–Crippen LogP) is 2.68. The third kappa shape index (κ3) is 1.66. The molecule has 1 aromatic heterocycles. The molecule has 0 radical (unpaired) electrons. The monoisotopic (exact) mass is 258 g/mol. The van der Waals surface area contributed by atoms with E-state index in [0.717, 1.165) is 0 Å². The van der Waals surface area contributed by atoms with Gasteiger partial charge in [0.25, 0.3) is 0 Å². The molecule has 0 fully saturated rings.